The van der Waals surface area contributed by atoms with Gasteiger partial charge in [0.25, 0.3) is 0 Å². The number of carbonyl (C=O) groups is 1. The summed E-state index contributed by atoms with van der Waals surface area (Å²) in [5.74, 6) is -1.62. The Labute approximate surface area is 128 Å². The van der Waals surface area contributed by atoms with Gasteiger partial charge in [-0.25, -0.2) is 9.97 Å². The van der Waals surface area contributed by atoms with Crippen LogP contribution in [0.25, 0.3) is 5.82 Å². The van der Waals surface area contributed by atoms with Gasteiger partial charge in [0.05, 0.1) is 5.56 Å². The number of carboxylic acids is 1. The highest BCUT2D eigenvalue weighted by Crippen LogP contribution is 2.11. The largest absolute Gasteiger partial charge is 0.542 e. The fourth-order valence-electron chi connectivity index (χ4n) is 1.34. The molecule has 0 radical (unpaired) electrons. The lowest BCUT2D eigenvalue weighted by molar-refractivity contribution is -0.422. The number of carboxylic acid groups (broad SMARTS) is 1. The normalized spacial score (nSPS) is 11.8. The number of alkyl halides is 3. The minimum absolute atomic E-state index is 0.0277. The van der Waals surface area contributed by atoms with Gasteiger partial charge in [0, 0.05) is 6.20 Å². The van der Waals surface area contributed by atoms with Crippen LogP contribution >= 0.6 is 0 Å². The van der Waals surface area contributed by atoms with E-state index in [4.69, 9.17) is 15.2 Å². The Kier molecular flexibility index (Phi) is 5.74. The number of aliphatic carboxylic acids is 1. The number of halogens is 3. The quantitative estimate of drug-likeness (QED) is 0.761. The van der Waals surface area contributed by atoms with Crippen molar-refractivity contribution in [2.75, 3.05) is 0 Å². The summed E-state index contributed by atoms with van der Waals surface area (Å²) in [7, 11) is 0. The maximum absolute atomic E-state index is 10.5. The zero-order valence-corrected chi connectivity index (χ0v) is 11.8. The lowest BCUT2D eigenvalue weighted by Gasteiger charge is -2.05. The number of aromatic nitrogens is 4. The lowest BCUT2D eigenvalue weighted by atomic mass is 10.3. The van der Waals surface area contributed by atoms with Gasteiger partial charge in [0.15, 0.2) is 11.6 Å². The van der Waals surface area contributed by atoms with Crippen LogP contribution < -0.4 is 10.8 Å². The Morgan fingerprint density at radius 1 is 1.43 bits per heavy atom. The van der Waals surface area contributed by atoms with Gasteiger partial charge in [-0.3, -0.25) is 0 Å². The van der Waals surface area contributed by atoms with Crippen molar-refractivity contribution in [3.63, 3.8) is 0 Å². The second-order valence-corrected chi connectivity index (χ2v) is 4.23. The highest BCUT2D eigenvalue weighted by Gasteiger charge is 2.28. The van der Waals surface area contributed by atoms with Crippen molar-refractivity contribution < 1.29 is 28.8 Å². The van der Waals surface area contributed by atoms with Crippen molar-refractivity contribution in [2.45, 2.75) is 19.1 Å². The standard InChI is InChI=1S/C10H10N6.C2HF3O2/c1-7(12)10-14-6-15-16(10)9-3-2-8(4-11)5-13-9;3-2(4,5)1(6)7/h2-3,5-7H,12H2,1H3;(H,6,7)/t7-;/m0./s1. The van der Waals surface area contributed by atoms with Gasteiger partial charge < -0.3 is 15.6 Å². The average molecular weight is 328 g/mol. The van der Waals surface area contributed by atoms with Crippen LogP contribution in [0.1, 0.15) is 24.4 Å². The summed E-state index contributed by atoms with van der Waals surface area (Å²) >= 11 is 0. The van der Waals surface area contributed by atoms with E-state index in [1.807, 2.05) is 13.0 Å². The average Bonchev–Trinajstić information content (AvgIpc) is 2.96. The summed E-state index contributed by atoms with van der Waals surface area (Å²) in [4.78, 5) is 17.0. The Bertz CT molecular complexity index is 703. The van der Waals surface area contributed by atoms with E-state index in [-0.39, 0.29) is 6.04 Å². The summed E-state index contributed by atoms with van der Waals surface area (Å²) in [5.41, 5.74) is 4.42. The molecule has 0 unspecified atom stereocenters. The molecule has 2 aromatic rings. The van der Waals surface area contributed by atoms with Crippen LogP contribution in [-0.4, -0.2) is 31.9 Å². The number of hydrogen-bond donors (Lipinski definition) is 1. The summed E-state index contributed by atoms with van der Waals surface area (Å²) in [6, 6.07) is 5.48. The highest BCUT2D eigenvalue weighted by molar-refractivity contribution is 5.70. The van der Waals surface area contributed by atoms with E-state index in [1.54, 1.807) is 16.8 Å². The smallest absolute Gasteiger partial charge is 0.430 e. The molecule has 0 aliphatic carbocycles. The third-order valence-corrected chi connectivity index (χ3v) is 2.34. The first-order valence-corrected chi connectivity index (χ1v) is 6.04. The van der Waals surface area contributed by atoms with E-state index >= 15 is 0 Å². The highest BCUT2D eigenvalue weighted by atomic mass is 19.4. The molecule has 0 amide bonds. The molecule has 8 nitrogen and oxygen atoms in total. The monoisotopic (exact) mass is 328 g/mol. The van der Waals surface area contributed by atoms with Crippen molar-refractivity contribution in [1.29, 1.82) is 5.26 Å². The van der Waals surface area contributed by atoms with E-state index in [2.05, 4.69) is 20.8 Å². The van der Waals surface area contributed by atoms with Crippen LogP contribution in [-0.2, 0) is 4.79 Å². The van der Waals surface area contributed by atoms with Crippen molar-refractivity contribution in [3.8, 4) is 11.9 Å². The molecule has 0 bridgehead atoms. The number of nitrogens with zero attached hydrogens (tertiary/aromatic N) is 5. The summed E-state index contributed by atoms with van der Waals surface area (Å²) in [6.45, 7) is 1.93. The molecule has 0 spiro atoms. The maximum Gasteiger partial charge on any atom is 0.430 e. The zero-order valence-electron chi connectivity index (χ0n) is 11.8. The molecule has 0 aromatic carbocycles. The van der Waals surface area contributed by atoms with Gasteiger partial charge in [0.1, 0.15) is 24.4 Å². The molecule has 3 N–H and O–H groups in total. The maximum atomic E-state index is 10.5. The predicted octanol–water partition coefficient (Wildman–Crippen LogP) is -0.865. The zero-order chi connectivity index (χ0) is 17.6. The Morgan fingerprint density at radius 3 is 2.43 bits per heavy atom. The predicted molar refractivity (Wildman–Crippen MR) is 66.2 cm³/mol. The number of rotatable bonds is 2. The van der Waals surface area contributed by atoms with Crippen LogP contribution in [0.2, 0.25) is 0 Å². The van der Waals surface area contributed by atoms with Gasteiger partial charge in [-0.15, -0.1) is 0 Å². The second-order valence-electron chi connectivity index (χ2n) is 4.23. The fraction of sp³-hybridized carbons (Fsp3) is 0.250. The number of nitriles is 1. The van der Waals surface area contributed by atoms with E-state index in [1.165, 1.54) is 12.5 Å². The molecule has 11 heteroatoms. The Hall–Kier alpha value is -3.00. The minimum atomic E-state index is -5.19. The molecular weight excluding hydrogens is 317 g/mol. The molecular formula is C12H11F3N6O2. The SMILES string of the molecule is C[C@H]([NH3+])c1ncnn1-c1ccc(C#N)cn1.O=C([O-])C(F)(F)F. The van der Waals surface area contributed by atoms with Gasteiger partial charge >= 0.3 is 6.18 Å². The van der Waals surface area contributed by atoms with Crippen molar-refractivity contribution in [1.82, 2.24) is 19.7 Å². The van der Waals surface area contributed by atoms with Crippen LogP contribution in [0.3, 0.4) is 0 Å². The first kappa shape index (κ1) is 18.1. The molecule has 2 aromatic heterocycles. The number of pyridine rings is 1. The molecule has 0 aliphatic rings. The van der Waals surface area contributed by atoms with Gasteiger partial charge in [-0.1, -0.05) is 0 Å². The second kappa shape index (κ2) is 7.32. The van der Waals surface area contributed by atoms with Gasteiger partial charge in [0.2, 0.25) is 0 Å². The van der Waals surface area contributed by atoms with Crippen LogP contribution in [0.5, 0.6) is 0 Å². The molecule has 2 heterocycles. The summed E-state index contributed by atoms with van der Waals surface area (Å²) < 4.78 is 33.2. The number of quaternary nitrogens is 1. The van der Waals surface area contributed by atoms with Crippen LogP contribution in [0, 0.1) is 11.3 Å². The lowest BCUT2D eigenvalue weighted by Crippen LogP contribution is -2.52. The molecule has 122 valence electrons. The van der Waals surface area contributed by atoms with Crippen molar-refractivity contribution in [3.05, 3.63) is 36.0 Å². The first-order chi connectivity index (χ1) is 10.7. The molecule has 23 heavy (non-hydrogen) atoms. The van der Waals surface area contributed by atoms with Gasteiger partial charge in [-0.05, 0) is 19.1 Å². The molecule has 1 atom stereocenters. The summed E-state index contributed by atoms with van der Waals surface area (Å²) in [5, 5.41) is 21.5. The van der Waals surface area contributed by atoms with Crippen molar-refractivity contribution >= 4 is 5.97 Å². The molecule has 0 aliphatic heterocycles. The molecule has 2 rings (SSSR count). The van der Waals surface area contributed by atoms with E-state index in [0.29, 0.717) is 11.4 Å². The number of carbonyl (C=O) groups excluding carboxylic acids is 1. The van der Waals surface area contributed by atoms with Gasteiger partial charge in [-0.2, -0.15) is 28.2 Å². The fourth-order valence-corrected chi connectivity index (χ4v) is 1.34. The molecule has 0 fully saturated rings. The minimum Gasteiger partial charge on any atom is -0.542 e. The topological polar surface area (TPSA) is 135 Å². The Balaban J connectivity index is 0.000000322. The van der Waals surface area contributed by atoms with E-state index in [9.17, 15) is 13.2 Å². The van der Waals surface area contributed by atoms with Crippen molar-refractivity contribution in [2.24, 2.45) is 0 Å². The number of hydrogen-bond acceptors (Lipinski definition) is 6. The third-order valence-electron chi connectivity index (χ3n) is 2.34. The first-order valence-electron chi connectivity index (χ1n) is 6.04. The third kappa shape index (κ3) is 5.04. The van der Waals surface area contributed by atoms with Crippen LogP contribution in [0.4, 0.5) is 13.2 Å². The van der Waals surface area contributed by atoms with Crippen LogP contribution in [0.15, 0.2) is 24.7 Å². The Morgan fingerprint density at radius 2 is 2.04 bits per heavy atom. The van der Waals surface area contributed by atoms with E-state index in [0.717, 1.165) is 5.82 Å². The van der Waals surface area contributed by atoms with E-state index < -0.39 is 12.1 Å². The summed E-state index contributed by atoms with van der Waals surface area (Å²) in [6.07, 6.45) is -2.22. The molecule has 0 saturated carbocycles. The molecule has 0 saturated heterocycles.